The quantitative estimate of drug-likeness (QED) is 0.264. The SMILES string of the molecule is COc1cc(CNc2ccc(-c3nc4ccc(C)cc4s3)cc2)c(Cl)cc1OCC(=O)NC(C)(C)C. The summed E-state index contributed by atoms with van der Waals surface area (Å²) in [5, 5.41) is 7.79. The lowest BCUT2D eigenvalue weighted by Crippen LogP contribution is -2.43. The first-order valence-electron chi connectivity index (χ1n) is 11.6. The fourth-order valence-corrected chi connectivity index (χ4v) is 4.96. The van der Waals surface area contributed by atoms with Gasteiger partial charge in [0.25, 0.3) is 5.91 Å². The topological polar surface area (TPSA) is 72.5 Å². The molecule has 6 nitrogen and oxygen atoms in total. The second kappa shape index (κ2) is 10.8. The van der Waals surface area contributed by atoms with Crippen LogP contribution >= 0.6 is 22.9 Å². The van der Waals surface area contributed by atoms with Crippen LogP contribution in [0.3, 0.4) is 0 Å². The normalized spacial score (nSPS) is 11.4. The lowest BCUT2D eigenvalue weighted by atomic mass is 10.1. The minimum atomic E-state index is -0.330. The van der Waals surface area contributed by atoms with E-state index in [0.29, 0.717) is 23.1 Å². The van der Waals surface area contributed by atoms with Crippen molar-refractivity contribution < 1.29 is 14.3 Å². The van der Waals surface area contributed by atoms with Crippen LogP contribution in [0.2, 0.25) is 5.02 Å². The number of rotatable bonds is 8. The summed E-state index contributed by atoms with van der Waals surface area (Å²) in [6.07, 6.45) is 0. The fraction of sp³-hybridized carbons (Fsp3) is 0.286. The number of hydrogen-bond donors (Lipinski definition) is 2. The number of fused-ring (bicyclic) bond motifs is 1. The molecule has 0 radical (unpaired) electrons. The number of hydrogen-bond acceptors (Lipinski definition) is 6. The van der Waals surface area contributed by atoms with Crippen LogP contribution in [0.15, 0.2) is 54.6 Å². The molecule has 0 saturated carbocycles. The molecule has 0 aliphatic heterocycles. The lowest BCUT2D eigenvalue weighted by Gasteiger charge is -2.21. The van der Waals surface area contributed by atoms with Crippen molar-refractivity contribution in [2.45, 2.75) is 39.8 Å². The van der Waals surface area contributed by atoms with Gasteiger partial charge in [-0.25, -0.2) is 4.98 Å². The number of nitrogens with zero attached hydrogens (tertiary/aromatic N) is 1. The highest BCUT2D eigenvalue weighted by Gasteiger charge is 2.16. The zero-order valence-electron chi connectivity index (χ0n) is 21.1. The first-order chi connectivity index (χ1) is 17.1. The number of ether oxygens (including phenoxy) is 2. The van der Waals surface area contributed by atoms with Gasteiger partial charge in [-0.05, 0) is 81.3 Å². The van der Waals surface area contributed by atoms with Crippen molar-refractivity contribution >= 4 is 44.7 Å². The maximum absolute atomic E-state index is 12.1. The van der Waals surface area contributed by atoms with Gasteiger partial charge in [0.2, 0.25) is 0 Å². The number of halogens is 1. The minimum Gasteiger partial charge on any atom is -0.493 e. The molecule has 4 rings (SSSR count). The third kappa shape index (κ3) is 6.47. The largest absolute Gasteiger partial charge is 0.493 e. The number of benzene rings is 3. The van der Waals surface area contributed by atoms with E-state index in [1.807, 2.05) is 39.0 Å². The van der Waals surface area contributed by atoms with Gasteiger partial charge in [0.05, 0.1) is 17.3 Å². The standard InChI is InChI=1S/C28H30ClN3O3S/c1-17-6-11-22-25(12-17)36-27(31-22)18-7-9-20(10-8-18)30-15-19-13-23(34-5)24(14-21(19)29)35-16-26(33)32-28(2,3)4/h6-14,30H,15-16H2,1-5H3,(H,32,33). The second-order valence-electron chi connectivity index (χ2n) is 9.60. The number of anilines is 1. The van der Waals surface area contributed by atoms with E-state index in [0.717, 1.165) is 27.3 Å². The number of carbonyl (C=O) groups is 1. The van der Waals surface area contributed by atoms with E-state index in [9.17, 15) is 4.79 Å². The van der Waals surface area contributed by atoms with Gasteiger partial charge in [0.1, 0.15) is 5.01 Å². The Morgan fingerprint density at radius 3 is 2.50 bits per heavy atom. The second-order valence-corrected chi connectivity index (χ2v) is 11.0. The molecule has 1 heterocycles. The maximum atomic E-state index is 12.1. The van der Waals surface area contributed by atoms with Crippen LogP contribution in [0, 0.1) is 6.92 Å². The molecule has 0 spiro atoms. The fourth-order valence-electron chi connectivity index (χ4n) is 3.67. The molecule has 0 aliphatic carbocycles. The average molecular weight is 524 g/mol. The summed E-state index contributed by atoms with van der Waals surface area (Å²) in [6.45, 7) is 8.22. The molecule has 8 heteroatoms. The Hall–Kier alpha value is -3.29. The molecule has 36 heavy (non-hydrogen) atoms. The summed E-state index contributed by atoms with van der Waals surface area (Å²) in [6, 6.07) is 18.0. The Bertz CT molecular complexity index is 1380. The number of amides is 1. The van der Waals surface area contributed by atoms with Gasteiger partial charge in [-0.15, -0.1) is 11.3 Å². The molecule has 0 bridgehead atoms. The van der Waals surface area contributed by atoms with E-state index >= 15 is 0 Å². The monoisotopic (exact) mass is 523 g/mol. The Morgan fingerprint density at radius 2 is 1.81 bits per heavy atom. The summed E-state index contributed by atoms with van der Waals surface area (Å²) in [5.74, 6) is 0.725. The Morgan fingerprint density at radius 1 is 1.06 bits per heavy atom. The smallest absolute Gasteiger partial charge is 0.258 e. The van der Waals surface area contributed by atoms with Crippen molar-refractivity contribution in [1.29, 1.82) is 0 Å². The molecule has 3 aromatic carbocycles. The van der Waals surface area contributed by atoms with Gasteiger partial charge in [-0.1, -0.05) is 17.7 Å². The van der Waals surface area contributed by atoms with Gasteiger partial charge < -0.3 is 20.1 Å². The predicted molar refractivity (Wildman–Crippen MR) is 149 cm³/mol. The van der Waals surface area contributed by atoms with Gasteiger partial charge >= 0.3 is 0 Å². The molecular weight excluding hydrogens is 494 g/mol. The molecule has 1 amide bonds. The van der Waals surface area contributed by atoms with Gasteiger partial charge in [-0.3, -0.25) is 4.79 Å². The molecule has 1 aromatic heterocycles. The van der Waals surface area contributed by atoms with Crippen molar-refractivity contribution in [3.8, 4) is 22.1 Å². The summed E-state index contributed by atoms with van der Waals surface area (Å²) in [5.41, 5.74) is 4.82. The van der Waals surface area contributed by atoms with Crippen LogP contribution in [0.25, 0.3) is 20.8 Å². The predicted octanol–water partition coefficient (Wildman–Crippen LogP) is 6.84. The van der Waals surface area contributed by atoms with Crippen LogP contribution < -0.4 is 20.1 Å². The Balaban J connectivity index is 1.41. The van der Waals surface area contributed by atoms with E-state index in [1.165, 1.54) is 10.3 Å². The highest BCUT2D eigenvalue weighted by atomic mass is 35.5. The summed E-state index contributed by atoms with van der Waals surface area (Å²) >= 11 is 8.21. The number of nitrogens with one attached hydrogen (secondary N) is 2. The molecule has 0 unspecified atom stereocenters. The zero-order valence-corrected chi connectivity index (χ0v) is 22.6. The van der Waals surface area contributed by atoms with Crippen LogP contribution in [0.1, 0.15) is 31.9 Å². The molecule has 0 aliphatic rings. The van der Waals surface area contributed by atoms with Crippen LogP contribution in [-0.4, -0.2) is 30.1 Å². The molecule has 188 valence electrons. The summed E-state index contributed by atoms with van der Waals surface area (Å²) in [7, 11) is 1.56. The number of carbonyl (C=O) groups excluding carboxylic acids is 1. The Kier molecular flexibility index (Phi) is 7.71. The van der Waals surface area contributed by atoms with Crippen molar-refractivity contribution in [2.24, 2.45) is 0 Å². The third-order valence-corrected chi connectivity index (χ3v) is 6.78. The molecule has 0 fully saturated rings. The molecule has 0 atom stereocenters. The van der Waals surface area contributed by atoms with Crippen LogP contribution in [0.4, 0.5) is 5.69 Å². The van der Waals surface area contributed by atoms with Crippen molar-refractivity contribution in [1.82, 2.24) is 10.3 Å². The number of aromatic nitrogens is 1. The molecular formula is C28H30ClN3O3S. The van der Waals surface area contributed by atoms with E-state index in [4.69, 9.17) is 26.1 Å². The van der Waals surface area contributed by atoms with Gasteiger partial charge in [0, 0.05) is 34.4 Å². The minimum absolute atomic E-state index is 0.123. The molecule has 2 N–H and O–H groups in total. The first kappa shape index (κ1) is 25.8. The van der Waals surface area contributed by atoms with Crippen LogP contribution in [-0.2, 0) is 11.3 Å². The van der Waals surface area contributed by atoms with E-state index in [2.05, 4.69) is 47.9 Å². The lowest BCUT2D eigenvalue weighted by molar-refractivity contribution is -0.124. The van der Waals surface area contributed by atoms with Gasteiger partial charge in [0.15, 0.2) is 18.1 Å². The van der Waals surface area contributed by atoms with Crippen molar-refractivity contribution in [3.63, 3.8) is 0 Å². The third-order valence-electron chi connectivity index (χ3n) is 5.36. The van der Waals surface area contributed by atoms with E-state index < -0.39 is 0 Å². The number of aryl methyl sites for hydroxylation is 1. The molecule has 0 saturated heterocycles. The first-order valence-corrected chi connectivity index (χ1v) is 12.8. The van der Waals surface area contributed by atoms with Gasteiger partial charge in [-0.2, -0.15) is 0 Å². The maximum Gasteiger partial charge on any atom is 0.258 e. The summed E-state index contributed by atoms with van der Waals surface area (Å²) < 4.78 is 12.3. The highest BCUT2D eigenvalue weighted by molar-refractivity contribution is 7.21. The van der Waals surface area contributed by atoms with Crippen molar-refractivity contribution in [2.75, 3.05) is 19.0 Å². The number of thiazole rings is 1. The summed E-state index contributed by atoms with van der Waals surface area (Å²) in [4.78, 5) is 16.9. The Labute approximate surface area is 220 Å². The van der Waals surface area contributed by atoms with Crippen molar-refractivity contribution in [3.05, 3.63) is 70.7 Å². The van der Waals surface area contributed by atoms with Crippen LogP contribution in [0.5, 0.6) is 11.5 Å². The zero-order chi connectivity index (χ0) is 25.9. The number of methoxy groups -OCH3 is 1. The molecule has 4 aromatic rings. The van der Waals surface area contributed by atoms with E-state index in [-0.39, 0.29) is 18.1 Å². The average Bonchev–Trinajstić information content (AvgIpc) is 3.24. The van der Waals surface area contributed by atoms with E-state index in [1.54, 1.807) is 24.5 Å². The highest BCUT2D eigenvalue weighted by Crippen LogP contribution is 2.34.